The summed E-state index contributed by atoms with van der Waals surface area (Å²) in [7, 11) is -4.58. The third-order valence-corrected chi connectivity index (χ3v) is 16.9. The molecule has 0 fully saturated rings. The van der Waals surface area contributed by atoms with Crippen LogP contribution in [0.3, 0.4) is 0 Å². The predicted octanol–water partition coefficient (Wildman–Crippen LogP) is 18.1. The molecule has 1 N–H and O–H groups in total. The Hall–Kier alpha value is -2.17. The van der Waals surface area contributed by atoms with E-state index in [9.17, 15) is 9.46 Å². The predicted molar refractivity (Wildman–Crippen MR) is 277 cm³/mol. The van der Waals surface area contributed by atoms with Crippen LogP contribution >= 0.6 is 7.82 Å². The molecule has 0 saturated carbocycles. The quantitative estimate of drug-likeness (QED) is 0.0857. The zero-order valence-corrected chi connectivity index (χ0v) is 45.9. The molecule has 0 bridgehead atoms. The van der Waals surface area contributed by atoms with E-state index in [4.69, 9.17) is 18.5 Å². The van der Waals surface area contributed by atoms with E-state index in [2.05, 4.69) is 83.1 Å². The van der Waals surface area contributed by atoms with E-state index in [1.807, 2.05) is 27.7 Å². The Labute approximate surface area is 400 Å². The number of fused-ring (bicyclic) bond motifs is 2. The lowest BCUT2D eigenvalue weighted by Crippen LogP contribution is -2.37. The molecule has 2 aliphatic heterocycles. The van der Waals surface area contributed by atoms with E-state index in [1.165, 1.54) is 89.9 Å². The van der Waals surface area contributed by atoms with Gasteiger partial charge in [-0.1, -0.05) is 145 Å². The van der Waals surface area contributed by atoms with Crippen molar-refractivity contribution in [3.05, 3.63) is 44.5 Å². The highest BCUT2D eigenvalue weighted by Crippen LogP contribution is 2.54. The Morgan fingerprint density at radius 1 is 0.477 bits per heavy atom. The van der Waals surface area contributed by atoms with Crippen LogP contribution in [0.15, 0.2) is 0 Å². The van der Waals surface area contributed by atoms with Gasteiger partial charge in [-0.3, -0.25) is 4.89 Å². The van der Waals surface area contributed by atoms with Gasteiger partial charge in [0.05, 0.1) is 0 Å². The molecule has 0 amide bonds. The van der Waals surface area contributed by atoms with Crippen molar-refractivity contribution in [1.29, 1.82) is 0 Å². The number of phosphoric ester groups is 1. The van der Waals surface area contributed by atoms with E-state index in [-0.39, 0.29) is 11.2 Å². The van der Waals surface area contributed by atoms with Crippen LogP contribution in [0, 0.1) is 77.0 Å². The van der Waals surface area contributed by atoms with Gasteiger partial charge in [0.15, 0.2) is 0 Å². The van der Waals surface area contributed by atoms with Crippen LogP contribution in [0.1, 0.15) is 242 Å². The van der Waals surface area contributed by atoms with Crippen LogP contribution in [0.2, 0.25) is 0 Å². The van der Waals surface area contributed by atoms with Crippen LogP contribution < -0.4 is 18.5 Å². The maximum atomic E-state index is 14.0. The van der Waals surface area contributed by atoms with Crippen LogP contribution in [0.4, 0.5) is 0 Å². The Balaban J connectivity index is 1.32. The molecule has 0 aliphatic carbocycles. The summed E-state index contributed by atoms with van der Waals surface area (Å²) < 4.78 is 40.0. The molecule has 2 heterocycles. The Bertz CT molecular complexity index is 1740. The van der Waals surface area contributed by atoms with Crippen LogP contribution in [0.25, 0.3) is 0 Å². The molecule has 7 atom stereocenters. The average Bonchev–Trinajstić information content (AvgIpc) is 3.22. The molecule has 4 rings (SSSR count). The summed E-state index contributed by atoms with van der Waals surface area (Å²) in [6.45, 7) is 35.6. The Morgan fingerprint density at radius 2 is 0.769 bits per heavy atom. The smallest absolute Gasteiger partial charge is 0.487 e. The second kappa shape index (κ2) is 24.9. The summed E-state index contributed by atoms with van der Waals surface area (Å²) in [4.78, 5) is 11.5. The van der Waals surface area contributed by atoms with Gasteiger partial charge in [0.25, 0.3) is 0 Å². The minimum atomic E-state index is -4.58. The number of phosphoric acid groups is 1. The van der Waals surface area contributed by atoms with E-state index in [0.717, 1.165) is 143 Å². The van der Waals surface area contributed by atoms with Crippen molar-refractivity contribution in [2.24, 2.45) is 35.5 Å². The molecule has 2 aromatic carbocycles. The van der Waals surface area contributed by atoms with Gasteiger partial charge in [-0.2, -0.15) is 0 Å². The summed E-state index contributed by atoms with van der Waals surface area (Å²) in [6.07, 6.45) is 26.5. The second-order valence-corrected chi connectivity index (χ2v) is 24.8. The molecule has 0 saturated heterocycles. The molecule has 7 heteroatoms. The summed E-state index contributed by atoms with van der Waals surface area (Å²) in [5.74, 6) is 7.43. The third-order valence-electron chi connectivity index (χ3n) is 16.1. The molecule has 372 valence electrons. The second-order valence-electron chi connectivity index (χ2n) is 23.5. The summed E-state index contributed by atoms with van der Waals surface area (Å²) in [5, 5.41) is 0. The van der Waals surface area contributed by atoms with Gasteiger partial charge < -0.3 is 18.5 Å². The molecule has 2 aliphatic rings. The van der Waals surface area contributed by atoms with Gasteiger partial charge in [0.1, 0.15) is 34.2 Å². The molecular formula is C58H99O6P. The molecule has 0 radical (unpaired) electrons. The highest BCUT2D eigenvalue weighted by atomic mass is 31.2. The number of hydrogen-bond donors (Lipinski definition) is 1. The number of ether oxygens (including phenoxy) is 2. The topological polar surface area (TPSA) is 74.2 Å². The van der Waals surface area contributed by atoms with Crippen molar-refractivity contribution in [3.63, 3.8) is 0 Å². The van der Waals surface area contributed by atoms with Crippen molar-refractivity contribution < 1.29 is 28.0 Å². The van der Waals surface area contributed by atoms with Gasteiger partial charge in [-0.15, -0.1) is 0 Å². The van der Waals surface area contributed by atoms with Crippen LogP contribution in [-0.4, -0.2) is 16.1 Å². The third kappa shape index (κ3) is 16.5. The van der Waals surface area contributed by atoms with Crippen molar-refractivity contribution in [2.45, 2.75) is 263 Å². The monoisotopic (exact) mass is 923 g/mol. The first-order valence-electron chi connectivity index (χ1n) is 26.8. The van der Waals surface area contributed by atoms with Gasteiger partial charge in [0.2, 0.25) is 0 Å². The number of hydrogen-bond acceptors (Lipinski definition) is 5. The van der Waals surface area contributed by atoms with Crippen molar-refractivity contribution in [1.82, 2.24) is 0 Å². The van der Waals surface area contributed by atoms with E-state index < -0.39 is 7.82 Å². The molecular weight excluding hydrogens is 824 g/mol. The molecule has 0 spiro atoms. The lowest BCUT2D eigenvalue weighted by atomic mass is 9.84. The Morgan fingerprint density at radius 3 is 1.08 bits per heavy atom. The highest BCUT2D eigenvalue weighted by molar-refractivity contribution is 7.48. The fourth-order valence-corrected chi connectivity index (χ4v) is 12.1. The zero-order valence-electron chi connectivity index (χ0n) is 45.0. The van der Waals surface area contributed by atoms with Crippen molar-refractivity contribution in [3.8, 4) is 23.0 Å². The van der Waals surface area contributed by atoms with Gasteiger partial charge in [-0.25, -0.2) is 4.57 Å². The Kier molecular flexibility index (Phi) is 21.2. The van der Waals surface area contributed by atoms with Gasteiger partial charge >= 0.3 is 7.82 Å². The zero-order chi connectivity index (χ0) is 48.3. The lowest BCUT2D eigenvalue weighted by Gasteiger charge is -2.39. The van der Waals surface area contributed by atoms with Gasteiger partial charge in [-0.05, 0) is 176 Å². The average molecular weight is 923 g/mol. The molecule has 65 heavy (non-hydrogen) atoms. The maximum Gasteiger partial charge on any atom is 0.584 e. The van der Waals surface area contributed by atoms with Crippen LogP contribution in [-0.2, 0) is 17.4 Å². The maximum absolute atomic E-state index is 14.0. The standard InChI is InChI=1S/C58H99O6P/c1-39(2)23-17-25-41(5)27-19-29-43(7)31-21-35-57(15)37-33-51-49(13)53(45(9)47(11)55(51)61-57)63-65(59,60)64-54-46(10)48(12)56-52(50(54)14)34-38-58(16,62-56)36-22-32-44(8)30-20-28-42(6)26-18-24-40(3)4/h39-44H,17-38H2,1-16H3,(H,59,60)/t41-,42+,43-,44+,57-,58+. The summed E-state index contributed by atoms with van der Waals surface area (Å²) in [5.41, 5.74) is 6.94. The number of rotatable bonds is 28. The molecule has 1 unspecified atom stereocenters. The molecule has 2 aromatic rings. The van der Waals surface area contributed by atoms with Crippen LogP contribution in [0.5, 0.6) is 23.0 Å². The molecule has 6 nitrogen and oxygen atoms in total. The summed E-state index contributed by atoms with van der Waals surface area (Å²) >= 11 is 0. The molecule has 0 aromatic heterocycles. The van der Waals surface area contributed by atoms with E-state index in [0.29, 0.717) is 11.5 Å². The highest BCUT2D eigenvalue weighted by Gasteiger charge is 2.39. The lowest BCUT2D eigenvalue weighted by molar-refractivity contribution is 0.0509. The fourth-order valence-electron chi connectivity index (χ4n) is 11.0. The summed E-state index contributed by atoms with van der Waals surface area (Å²) in [6, 6.07) is 0. The van der Waals surface area contributed by atoms with Crippen molar-refractivity contribution in [2.75, 3.05) is 0 Å². The minimum Gasteiger partial charge on any atom is -0.487 e. The van der Waals surface area contributed by atoms with E-state index in [1.54, 1.807) is 0 Å². The first-order chi connectivity index (χ1) is 30.4. The minimum absolute atomic E-state index is 0.233. The number of benzene rings is 2. The van der Waals surface area contributed by atoms with Gasteiger partial charge in [0, 0.05) is 11.1 Å². The first-order valence-corrected chi connectivity index (χ1v) is 28.3. The van der Waals surface area contributed by atoms with E-state index >= 15 is 0 Å². The SMILES string of the molecule is Cc1c(C)c2c(c(C)c1OP(=O)(O)Oc1c(C)c(C)c3c(c1C)CC[C@@](C)(CCC[C@H](C)CCC[C@H](C)CCCC(C)C)O3)CC[C@](C)(CCC[C@@H](C)CCC[C@@H](C)CCCC(C)C)O2. The largest absolute Gasteiger partial charge is 0.584 e. The normalized spacial score (nSPS) is 21.2. The van der Waals surface area contributed by atoms with Crippen molar-refractivity contribution >= 4 is 7.82 Å². The fraction of sp³-hybridized carbons (Fsp3) is 0.793. The first kappa shape index (κ1) is 55.4.